The molecule has 0 spiro atoms. The molecule has 1 N–H and O–H groups in total. The standard InChI is InChI=1S/C9H17NO2/c1-5-8(4)10-9(11)6-12-7(2)3/h5,7-8H,1,6H2,2-4H3,(H,10,11). The maximum Gasteiger partial charge on any atom is 0.246 e. The van der Waals surface area contributed by atoms with Gasteiger partial charge in [0.1, 0.15) is 6.61 Å². The number of nitrogens with one attached hydrogen (secondary N) is 1. The molecule has 0 aliphatic heterocycles. The highest BCUT2D eigenvalue weighted by Crippen LogP contribution is 1.88. The molecule has 12 heavy (non-hydrogen) atoms. The van der Waals surface area contributed by atoms with Crippen LogP contribution in [-0.2, 0) is 9.53 Å². The van der Waals surface area contributed by atoms with Gasteiger partial charge in [0.2, 0.25) is 5.91 Å². The predicted molar refractivity (Wildman–Crippen MR) is 48.9 cm³/mol. The fourth-order valence-corrected chi connectivity index (χ4v) is 0.597. The van der Waals surface area contributed by atoms with E-state index < -0.39 is 0 Å². The molecule has 0 aromatic carbocycles. The van der Waals surface area contributed by atoms with Crippen molar-refractivity contribution in [3.8, 4) is 0 Å². The summed E-state index contributed by atoms with van der Waals surface area (Å²) in [7, 11) is 0. The maximum atomic E-state index is 11.0. The minimum Gasteiger partial charge on any atom is -0.369 e. The van der Waals surface area contributed by atoms with Gasteiger partial charge in [-0.25, -0.2) is 0 Å². The molecule has 70 valence electrons. The van der Waals surface area contributed by atoms with Crippen LogP contribution in [0, 0.1) is 0 Å². The van der Waals surface area contributed by atoms with Crippen LogP contribution in [-0.4, -0.2) is 24.7 Å². The van der Waals surface area contributed by atoms with Crippen molar-refractivity contribution in [3.63, 3.8) is 0 Å². The van der Waals surface area contributed by atoms with Gasteiger partial charge in [-0.2, -0.15) is 0 Å². The minimum atomic E-state index is -0.101. The van der Waals surface area contributed by atoms with E-state index in [9.17, 15) is 4.79 Å². The highest BCUT2D eigenvalue weighted by atomic mass is 16.5. The van der Waals surface area contributed by atoms with Gasteiger partial charge in [0.25, 0.3) is 0 Å². The summed E-state index contributed by atoms with van der Waals surface area (Å²) in [5.74, 6) is -0.101. The number of hydrogen-bond donors (Lipinski definition) is 1. The Kier molecular flexibility index (Phi) is 5.37. The molecule has 0 aromatic heterocycles. The van der Waals surface area contributed by atoms with E-state index in [4.69, 9.17) is 4.74 Å². The summed E-state index contributed by atoms with van der Waals surface area (Å²) < 4.78 is 5.10. The fourth-order valence-electron chi connectivity index (χ4n) is 0.597. The van der Waals surface area contributed by atoms with Crippen LogP contribution in [0.25, 0.3) is 0 Å². The van der Waals surface area contributed by atoms with Gasteiger partial charge < -0.3 is 10.1 Å². The van der Waals surface area contributed by atoms with Crippen LogP contribution in [0.2, 0.25) is 0 Å². The van der Waals surface area contributed by atoms with Crippen LogP contribution in [0.5, 0.6) is 0 Å². The Bertz CT molecular complexity index is 155. The first-order valence-electron chi connectivity index (χ1n) is 4.09. The highest BCUT2D eigenvalue weighted by molar-refractivity contribution is 5.77. The molecule has 0 aromatic rings. The Morgan fingerprint density at radius 1 is 1.58 bits per heavy atom. The van der Waals surface area contributed by atoms with Gasteiger partial charge in [-0.05, 0) is 20.8 Å². The zero-order valence-electron chi connectivity index (χ0n) is 7.96. The number of carbonyl (C=O) groups is 1. The highest BCUT2D eigenvalue weighted by Gasteiger charge is 2.04. The Labute approximate surface area is 73.8 Å². The van der Waals surface area contributed by atoms with Gasteiger partial charge in [0.15, 0.2) is 0 Å². The average Bonchev–Trinajstić information content (AvgIpc) is 2.00. The molecule has 0 bridgehead atoms. The normalized spacial score (nSPS) is 12.7. The molecular formula is C9H17NO2. The van der Waals surface area contributed by atoms with Crippen LogP contribution in [0.1, 0.15) is 20.8 Å². The molecule has 0 rings (SSSR count). The van der Waals surface area contributed by atoms with Gasteiger partial charge in [0.05, 0.1) is 6.10 Å². The Hall–Kier alpha value is -0.830. The van der Waals surface area contributed by atoms with Crippen molar-refractivity contribution in [1.29, 1.82) is 0 Å². The molecule has 3 nitrogen and oxygen atoms in total. The lowest BCUT2D eigenvalue weighted by atomic mass is 10.3. The summed E-state index contributed by atoms with van der Waals surface area (Å²) >= 11 is 0. The zero-order valence-corrected chi connectivity index (χ0v) is 7.96. The first-order valence-corrected chi connectivity index (χ1v) is 4.09. The lowest BCUT2D eigenvalue weighted by Crippen LogP contribution is -2.34. The molecule has 0 heterocycles. The second kappa shape index (κ2) is 5.77. The summed E-state index contributed by atoms with van der Waals surface area (Å²) in [6.07, 6.45) is 1.77. The summed E-state index contributed by atoms with van der Waals surface area (Å²) in [5, 5.41) is 2.70. The molecule has 1 amide bonds. The lowest BCUT2D eigenvalue weighted by Gasteiger charge is -2.10. The molecule has 1 unspecified atom stereocenters. The van der Waals surface area contributed by atoms with Gasteiger partial charge >= 0.3 is 0 Å². The summed E-state index contributed by atoms with van der Waals surface area (Å²) in [5.41, 5.74) is 0. The van der Waals surface area contributed by atoms with Crippen LogP contribution in [0.15, 0.2) is 12.7 Å². The van der Waals surface area contributed by atoms with E-state index in [0.717, 1.165) is 0 Å². The third-order valence-corrected chi connectivity index (χ3v) is 1.29. The summed E-state index contributed by atoms with van der Waals surface area (Å²) in [6.45, 7) is 9.32. The van der Waals surface area contributed by atoms with Gasteiger partial charge in [-0.15, -0.1) is 6.58 Å². The van der Waals surface area contributed by atoms with Gasteiger partial charge in [-0.3, -0.25) is 4.79 Å². The van der Waals surface area contributed by atoms with Crippen molar-refractivity contribution in [2.24, 2.45) is 0 Å². The van der Waals surface area contributed by atoms with E-state index in [-0.39, 0.29) is 24.7 Å². The number of hydrogen-bond acceptors (Lipinski definition) is 2. The predicted octanol–water partition coefficient (Wildman–Crippen LogP) is 1.10. The van der Waals surface area contributed by atoms with Crippen molar-refractivity contribution < 1.29 is 9.53 Å². The first-order chi connectivity index (χ1) is 5.56. The summed E-state index contributed by atoms with van der Waals surface area (Å²) in [6, 6.07) is 0.00765. The Morgan fingerprint density at radius 2 is 2.17 bits per heavy atom. The molecule has 0 fully saturated rings. The molecule has 3 heteroatoms. The minimum absolute atomic E-state index is 0.00765. The SMILES string of the molecule is C=CC(C)NC(=O)COC(C)C. The number of carbonyl (C=O) groups excluding carboxylic acids is 1. The van der Waals surface area contributed by atoms with Crippen molar-refractivity contribution in [3.05, 3.63) is 12.7 Å². The monoisotopic (exact) mass is 171 g/mol. The smallest absolute Gasteiger partial charge is 0.246 e. The molecule has 0 saturated carbocycles. The van der Waals surface area contributed by atoms with Crippen molar-refractivity contribution in [1.82, 2.24) is 5.32 Å². The molecule has 0 saturated heterocycles. The average molecular weight is 171 g/mol. The van der Waals surface area contributed by atoms with E-state index in [2.05, 4.69) is 11.9 Å². The lowest BCUT2D eigenvalue weighted by molar-refractivity contribution is -0.127. The van der Waals surface area contributed by atoms with Crippen molar-refractivity contribution >= 4 is 5.91 Å². The van der Waals surface area contributed by atoms with E-state index in [1.54, 1.807) is 6.08 Å². The number of amides is 1. The number of rotatable bonds is 5. The maximum absolute atomic E-state index is 11.0. The fraction of sp³-hybridized carbons (Fsp3) is 0.667. The molecule has 1 atom stereocenters. The number of ether oxygens (including phenoxy) is 1. The zero-order chi connectivity index (χ0) is 9.56. The van der Waals surface area contributed by atoms with E-state index >= 15 is 0 Å². The molecule has 0 radical (unpaired) electrons. The topological polar surface area (TPSA) is 38.3 Å². The second-order valence-electron chi connectivity index (χ2n) is 2.95. The third-order valence-electron chi connectivity index (χ3n) is 1.29. The van der Waals surface area contributed by atoms with E-state index in [0.29, 0.717) is 0 Å². The third kappa shape index (κ3) is 5.92. The van der Waals surface area contributed by atoms with Gasteiger partial charge in [-0.1, -0.05) is 6.08 Å². The van der Waals surface area contributed by atoms with Crippen LogP contribution in [0.3, 0.4) is 0 Å². The molecule has 0 aliphatic rings. The van der Waals surface area contributed by atoms with Crippen molar-refractivity contribution in [2.75, 3.05) is 6.61 Å². The molecular weight excluding hydrogens is 154 g/mol. The van der Waals surface area contributed by atoms with E-state index in [1.807, 2.05) is 20.8 Å². The quantitative estimate of drug-likeness (QED) is 0.629. The van der Waals surface area contributed by atoms with Gasteiger partial charge in [0, 0.05) is 6.04 Å². The van der Waals surface area contributed by atoms with Crippen LogP contribution in [0.4, 0.5) is 0 Å². The largest absolute Gasteiger partial charge is 0.369 e. The van der Waals surface area contributed by atoms with E-state index in [1.165, 1.54) is 0 Å². The second-order valence-corrected chi connectivity index (χ2v) is 2.95. The Morgan fingerprint density at radius 3 is 2.58 bits per heavy atom. The van der Waals surface area contributed by atoms with Crippen molar-refractivity contribution in [2.45, 2.75) is 32.9 Å². The van der Waals surface area contributed by atoms with Crippen LogP contribution >= 0.6 is 0 Å². The molecule has 0 aliphatic carbocycles. The summed E-state index contributed by atoms with van der Waals surface area (Å²) in [4.78, 5) is 11.0. The first kappa shape index (κ1) is 11.2. The van der Waals surface area contributed by atoms with Crippen LogP contribution < -0.4 is 5.32 Å². The Balaban J connectivity index is 3.53.